The zero-order valence-corrected chi connectivity index (χ0v) is 13.5. The van der Waals surface area contributed by atoms with Gasteiger partial charge in [-0.2, -0.15) is 0 Å². The lowest BCUT2D eigenvalue weighted by atomic mass is 9.76. The van der Waals surface area contributed by atoms with Crippen molar-refractivity contribution in [1.29, 1.82) is 0 Å². The third kappa shape index (κ3) is 3.41. The minimum atomic E-state index is 0. The van der Waals surface area contributed by atoms with Gasteiger partial charge in [-0.15, -0.1) is 12.4 Å². The van der Waals surface area contributed by atoms with Crippen LogP contribution in [0.2, 0.25) is 0 Å². The molecule has 0 aromatic heterocycles. The second kappa shape index (κ2) is 6.92. The molecule has 0 saturated heterocycles. The quantitative estimate of drug-likeness (QED) is 0.796. The van der Waals surface area contributed by atoms with Gasteiger partial charge in [0.25, 0.3) is 0 Å². The number of rotatable bonds is 4. The predicted octanol–water partition coefficient (Wildman–Crippen LogP) is 4.58. The van der Waals surface area contributed by atoms with Gasteiger partial charge < -0.3 is 4.90 Å². The van der Waals surface area contributed by atoms with E-state index >= 15 is 0 Å². The van der Waals surface area contributed by atoms with Crippen LogP contribution in [0.4, 0.5) is 0 Å². The Hall–Kier alpha value is -1.31. The molecule has 0 unspecified atom stereocenters. The third-order valence-corrected chi connectivity index (χ3v) is 4.12. The van der Waals surface area contributed by atoms with Crippen molar-refractivity contribution in [2.45, 2.75) is 25.3 Å². The standard InChI is InChI=1S/C18H23N.ClH/c1-18(2,19(3)4)17(15-11-7-5-8-12-15)16-13-9-6-10-14-16;/h5-14,17H,1-4H3;1H. The van der Waals surface area contributed by atoms with E-state index in [4.69, 9.17) is 0 Å². The van der Waals surface area contributed by atoms with E-state index in [1.54, 1.807) is 0 Å². The molecule has 2 aromatic rings. The molecule has 0 fully saturated rings. The highest BCUT2D eigenvalue weighted by molar-refractivity contribution is 5.85. The minimum Gasteiger partial charge on any atom is -0.303 e. The second-order valence-electron chi connectivity index (χ2n) is 5.80. The van der Waals surface area contributed by atoms with E-state index in [-0.39, 0.29) is 17.9 Å². The SMILES string of the molecule is CN(C)C(C)(C)C(c1ccccc1)c1ccccc1.Cl. The maximum absolute atomic E-state index is 2.30. The zero-order valence-electron chi connectivity index (χ0n) is 12.7. The normalized spacial score (nSPS) is 11.5. The Labute approximate surface area is 129 Å². The van der Waals surface area contributed by atoms with Crippen LogP contribution in [0, 0.1) is 0 Å². The lowest BCUT2D eigenvalue weighted by molar-refractivity contribution is 0.173. The van der Waals surface area contributed by atoms with E-state index in [0.717, 1.165) is 0 Å². The second-order valence-corrected chi connectivity index (χ2v) is 5.80. The number of benzene rings is 2. The van der Waals surface area contributed by atoms with E-state index < -0.39 is 0 Å². The Balaban J connectivity index is 0.00000200. The lowest BCUT2D eigenvalue weighted by Crippen LogP contribution is -2.44. The van der Waals surface area contributed by atoms with Gasteiger partial charge in [0.2, 0.25) is 0 Å². The molecule has 1 nitrogen and oxygen atoms in total. The summed E-state index contributed by atoms with van der Waals surface area (Å²) in [6.45, 7) is 4.61. The Morgan fingerprint density at radius 2 is 1.10 bits per heavy atom. The highest BCUT2D eigenvalue weighted by Gasteiger charge is 2.33. The summed E-state index contributed by atoms with van der Waals surface area (Å²) in [7, 11) is 4.30. The molecule has 108 valence electrons. The molecule has 0 amide bonds. The van der Waals surface area contributed by atoms with Crippen LogP contribution in [0.25, 0.3) is 0 Å². The fourth-order valence-corrected chi connectivity index (χ4v) is 2.56. The van der Waals surface area contributed by atoms with E-state index in [1.165, 1.54) is 11.1 Å². The first kappa shape index (κ1) is 16.7. The highest BCUT2D eigenvalue weighted by Crippen LogP contribution is 2.37. The van der Waals surface area contributed by atoms with Crippen molar-refractivity contribution < 1.29 is 0 Å². The third-order valence-electron chi connectivity index (χ3n) is 4.12. The van der Waals surface area contributed by atoms with Crippen LogP contribution >= 0.6 is 12.4 Å². The van der Waals surface area contributed by atoms with Crippen molar-refractivity contribution >= 4 is 12.4 Å². The van der Waals surface area contributed by atoms with E-state index in [9.17, 15) is 0 Å². The Bertz CT molecular complexity index is 466. The van der Waals surface area contributed by atoms with Crippen molar-refractivity contribution in [3.63, 3.8) is 0 Å². The fraction of sp³-hybridized carbons (Fsp3) is 0.333. The van der Waals surface area contributed by atoms with Crippen LogP contribution in [0.1, 0.15) is 30.9 Å². The number of likely N-dealkylation sites (N-methyl/N-ethyl adjacent to an activating group) is 1. The van der Waals surface area contributed by atoms with Crippen molar-refractivity contribution in [3.8, 4) is 0 Å². The van der Waals surface area contributed by atoms with Gasteiger partial charge in [0.05, 0.1) is 0 Å². The predicted molar refractivity (Wildman–Crippen MR) is 89.7 cm³/mol. The molecule has 0 heterocycles. The topological polar surface area (TPSA) is 3.24 Å². The Kier molecular flexibility index (Phi) is 5.79. The molecule has 0 aliphatic rings. The summed E-state index contributed by atoms with van der Waals surface area (Å²) >= 11 is 0. The molecule has 0 aliphatic carbocycles. The summed E-state index contributed by atoms with van der Waals surface area (Å²) in [5.41, 5.74) is 2.79. The molecule has 0 atom stereocenters. The van der Waals surface area contributed by atoms with Crippen LogP contribution in [0.15, 0.2) is 60.7 Å². The molecule has 0 radical (unpaired) electrons. The summed E-state index contributed by atoms with van der Waals surface area (Å²) < 4.78 is 0. The van der Waals surface area contributed by atoms with Gasteiger partial charge in [-0.3, -0.25) is 0 Å². The molecule has 2 rings (SSSR count). The summed E-state index contributed by atoms with van der Waals surface area (Å²) in [5.74, 6) is 0.366. The summed E-state index contributed by atoms with van der Waals surface area (Å²) in [6.07, 6.45) is 0. The van der Waals surface area contributed by atoms with Crippen LogP contribution in [-0.2, 0) is 0 Å². The van der Waals surface area contributed by atoms with E-state index in [2.05, 4.69) is 93.5 Å². The summed E-state index contributed by atoms with van der Waals surface area (Å²) in [6, 6.07) is 21.5. The van der Waals surface area contributed by atoms with Crippen LogP contribution < -0.4 is 0 Å². The molecule has 0 spiro atoms. The van der Waals surface area contributed by atoms with Crippen molar-refractivity contribution in [1.82, 2.24) is 4.90 Å². The van der Waals surface area contributed by atoms with Gasteiger partial charge >= 0.3 is 0 Å². The van der Waals surface area contributed by atoms with Crippen LogP contribution in [-0.4, -0.2) is 24.5 Å². The lowest BCUT2D eigenvalue weighted by Gasteiger charge is -2.41. The first-order valence-corrected chi connectivity index (χ1v) is 6.81. The summed E-state index contributed by atoms with van der Waals surface area (Å²) in [4.78, 5) is 2.30. The van der Waals surface area contributed by atoms with E-state index in [1.807, 2.05) is 0 Å². The number of hydrogen-bond acceptors (Lipinski definition) is 1. The molecule has 0 bridgehead atoms. The molecule has 2 heteroatoms. The fourth-order valence-electron chi connectivity index (χ4n) is 2.56. The Morgan fingerprint density at radius 3 is 1.40 bits per heavy atom. The molecular formula is C18H24ClN. The molecule has 0 aliphatic heterocycles. The number of halogens is 1. The largest absolute Gasteiger partial charge is 0.303 e. The van der Waals surface area contributed by atoms with Crippen molar-refractivity contribution in [2.75, 3.05) is 14.1 Å². The Morgan fingerprint density at radius 1 is 0.750 bits per heavy atom. The molecule has 0 N–H and O–H groups in total. The highest BCUT2D eigenvalue weighted by atomic mass is 35.5. The maximum Gasteiger partial charge on any atom is 0.0268 e. The van der Waals surface area contributed by atoms with Gasteiger partial charge in [0.15, 0.2) is 0 Å². The van der Waals surface area contributed by atoms with Crippen molar-refractivity contribution in [3.05, 3.63) is 71.8 Å². The van der Waals surface area contributed by atoms with Gasteiger partial charge in [-0.1, -0.05) is 60.7 Å². The van der Waals surface area contributed by atoms with Crippen LogP contribution in [0.5, 0.6) is 0 Å². The van der Waals surface area contributed by atoms with Crippen LogP contribution in [0.3, 0.4) is 0 Å². The number of hydrogen-bond donors (Lipinski definition) is 0. The molecule has 0 saturated carbocycles. The first-order valence-electron chi connectivity index (χ1n) is 6.81. The smallest absolute Gasteiger partial charge is 0.0268 e. The van der Waals surface area contributed by atoms with Gasteiger partial charge in [-0.05, 0) is 39.1 Å². The van der Waals surface area contributed by atoms with Gasteiger partial charge in [-0.25, -0.2) is 0 Å². The molecule has 2 aromatic carbocycles. The average molecular weight is 290 g/mol. The van der Waals surface area contributed by atoms with E-state index in [0.29, 0.717) is 5.92 Å². The first-order chi connectivity index (χ1) is 9.03. The minimum absolute atomic E-state index is 0. The van der Waals surface area contributed by atoms with Gasteiger partial charge in [0, 0.05) is 11.5 Å². The molecule has 20 heavy (non-hydrogen) atoms. The van der Waals surface area contributed by atoms with Gasteiger partial charge in [0.1, 0.15) is 0 Å². The number of nitrogens with zero attached hydrogens (tertiary/aromatic N) is 1. The molecular weight excluding hydrogens is 266 g/mol. The summed E-state index contributed by atoms with van der Waals surface area (Å²) in [5, 5.41) is 0. The monoisotopic (exact) mass is 289 g/mol. The maximum atomic E-state index is 2.30. The zero-order chi connectivity index (χ0) is 13.9. The van der Waals surface area contributed by atoms with Crippen molar-refractivity contribution in [2.24, 2.45) is 0 Å². The average Bonchev–Trinajstić information content (AvgIpc) is 2.41.